The Labute approximate surface area is 189 Å². The molecule has 3 unspecified atom stereocenters. The van der Waals surface area contributed by atoms with Crippen LogP contribution >= 0.6 is 0 Å². The maximum absolute atomic E-state index is 12.4. The highest BCUT2D eigenvalue weighted by atomic mass is 32.2. The molecule has 3 N–H and O–H groups in total. The zero-order valence-corrected chi connectivity index (χ0v) is 20.3. The van der Waals surface area contributed by atoms with E-state index in [1.54, 1.807) is 12.1 Å². The van der Waals surface area contributed by atoms with E-state index in [1.165, 1.54) is 69.9 Å². The van der Waals surface area contributed by atoms with E-state index in [4.69, 9.17) is 0 Å². The molecule has 0 heterocycles. The first-order chi connectivity index (χ1) is 14.8. The molecule has 1 aromatic carbocycles. The standard InChI is InChI=1S/C25H44O5S/c1-3-4-5-6-7-8-9-10-11-12-13-14-15-23(26)24(27)20-25(28)31(29,30)22-18-16-21(2)17-19-22/h16-19,23-28H,3-15,20H2,1-2H3. The van der Waals surface area contributed by atoms with Gasteiger partial charge in [0.05, 0.1) is 17.1 Å². The van der Waals surface area contributed by atoms with Crippen LogP contribution in [0.25, 0.3) is 0 Å². The van der Waals surface area contributed by atoms with Crippen molar-refractivity contribution in [2.45, 2.75) is 126 Å². The number of benzene rings is 1. The lowest BCUT2D eigenvalue weighted by Gasteiger charge is -2.21. The van der Waals surface area contributed by atoms with Gasteiger partial charge in [-0.1, -0.05) is 102 Å². The van der Waals surface area contributed by atoms with E-state index in [1.807, 2.05) is 6.92 Å². The van der Waals surface area contributed by atoms with Crippen LogP contribution in [0, 0.1) is 6.92 Å². The zero-order valence-electron chi connectivity index (χ0n) is 19.5. The molecule has 31 heavy (non-hydrogen) atoms. The van der Waals surface area contributed by atoms with E-state index >= 15 is 0 Å². The van der Waals surface area contributed by atoms with Gasteiger partial charge in [0.2, 0.25) is 9.84 Å². The summed E-state index contributed by atoms with van der Waals surface area (Å²) in [6.07, 6.45) is 12.4. The van der Waals surface area contributed by atoms with E-state index in [0.717, 1.165) is 24.8 Å². The molecule has 0 aliphatic carbocycles. The molecule has 0 bridgehead atoms. The summed E-state index contributed by atoms with van der Waals surface area (Å²) in [4.78, 5) is 0.0215. The highest BCUT2D eigenvalue weighted by molar-refractivity contribution is 7.91. The van der Waals surface area contributed by atoms with Crippen LogP contribution in [0.3, 0.4) is 0 Å². The lowest BCUT2D eigenvalue weighted by atomic mass is 10.0. The van der Waals surface area contributed by atoms with Gasteiger partial charge in [-0.2, -0.15) is 0 Å². The molecule has 3 atom stereocenters. The van der Waals surface area contributed by atoms with E-state index in [2.05, 4.69) is 6.92 Å². The predicted octanol–water partition coefficient (Wildman–Crippen LogP) is 5.29. The molecule has 0 spiro atoms. The first kappa shape index (κ1) is 28.1. The first-order valence-corrected chi connectivity index (χ1v) is 13.7. The van der Waals surface area contributed by atoms with Crippen molar-refractivity contribution >= 4 is 9.84 Å². The third kappa shape index (κ3) is 11.5. The maximum Gasteiger partial charge on any atom is 0.205 e. The number of aliphatic hydroxyl groups is 3. The molecule has 0 aliphatic rings. The number of hydrogen-bond donors (Lipinski definition) is 3. The van der Waals surface area contributed by atoms with Gasteiger partial charge in [0, 0.05) is 6.42 Å². The van der Waals surface area contributed by atoms with Crippen LogP contribution in [0.1, 0.15) is 102 Å². The van der Waals surface area contributed by atoms with Gasteiger partial charge in [0.25, 0.3) is 0 Å². The number of rotatable bonds is 18. The van der Waals surface area contributed by atoms with Crippen LogP contribution in [0.4, 0.5) is 0 Å². The summed E-state index contributed by atoms with van der Waals surface area (Å²) in [5, 5.41) is 30.4. The Hall–Kier alpha value is -0.950. The van der Waals surface area contributed by atoms with Crippen LogP contribution in [0.2, 0.25) is 0 Å². The minimum Gasteiger partial charge on any atom is -0.390 e. The minimum absolute atomic E-state index is 0.0215. The molecule has 6 heteroatoms. The highest BCUT2D eigenvalue weighted by Gasteiger charge is 2.30. The third-order valence-electron chi connectivity index (χ3n) is 5.95. The summed E-state index contributed by atoms with van der Waals surface area (Å²) < 4.78 is 24.9. The number of hydrogen-bond acceptors (Lipinski definition) is 5. The summed E-state index contributed by atoms with van der Waals surface area (Å²) in [6, 6.07) is 6.23. The second-order valence-corrected chi connectivity index (χ2v) is 11.0. The van der Waals surface area contributed by atoms with E-state index in [0.29, 0.717) is 6.42 Å². The fraction of sp³-hybridized carbons (Fsp3) is 0.760. The SMILES string of the molecule is CCCCCCCCCCCCCCC(O)C(O)CC(O)S(=O)(=O)c1ccc(C)cc1. The van der Waals surface area contributed by atoms with Crippen LogP contribution in [-0.2, 0) is 9.84 Å². The molecular weight excluding hydrogens is 412 g/mol. The topological polar surface area (TPSA) is 94.8 Å². The number of unbranched alkanes of at least 4 members (excludes halogenated alkanes) is 11. The molecule has 180 valence electrons. The summed E-state index contributed by atoms with van der Waals surface area (Å²) in [5.74, 6) is 0. The van der Waals surface area contributed by atoms with Gasteiger partial charge < -0.3 is 15.3 Å². The molecule has 5 nitrogen and oxygen atoms in total. The molecule has 0 saturated carbocycles. The number of aliphatic hydroxyl groups excluding tert-OH is 3. The predicted molar refractivity (Wildman–Crippen MR) is 127 cm³/mol. The average Bonchev–Trinajstić information content (AvgIpc) is 2.74. The maximum atomic E-state index is 12.4. The monoisotopic (exact) mass is 456 g/mol. The molecule has 1 rings (SSSR count). The van der Waals surface area contributed by atoms with Crippen molar-refractivity contribution in [1.29, 1.82) is 0 Å². The quantitative estimate of drug-likeness (QED) is 0.261. The minimum atomic E-state index is -3.95. The van der Waals surface area contributed by atoms with Gasteiger partial charge in [-0.05, 0) is 25.5 Å². The largest absolute Gasteiger partial charge is 0.390 e. The van der Waals surface area contributed by atoms with Crippen molar-refractivity contribution in [3.63, 3.8) is 0 Å². The van der Waals surface area contributed by atoms with Gasteiger partial charge >= 0.3 is 0 Å². The van der Waals surface area contributed by atoms with E-state index in [-0.39, 0.29) is 4.90 Å². The van der Waals surface area contributed by atoms with E-state index in [9.17, 15) is 23.7 Å². The molecular formula is C25H44O5S. The van der Waals surface area contributed by atoms with Crippen molar-refractivity contribution in [2.24, 2.45) is 0 Å². The second-order valence-electron chi connectivity index (χ2n) is 8.86. The molecule has 1 aromatic rings. The average molecular weight is 457 g/mol. The molecule has 0 amide bonds. The van der Waals surface area contributed by atoms with Gasteiger partial charge in [0.15, 0.2) is 5.44 Å². The summed E-state index contributed by atoms with van der Waals surface area (Å²) in [5.41, 5.74) is -0.812. The molecule has 0 aliphatic heterocycles. The van der Waals surface area contributed by atoms with Crippen molar-refractivity contribution in [2.75, 3.05) is 0 Å². The summed E-state index contributed by atoms with van der Waals surface area (Å²) in [7, 11) is -3.95. The lowest BCUT2D eigenvalue weighted by molar-refractivity contribution is -0.00512. The Bertz CT molecular complexity index is 672. The molecule has 0 aromatic heterocycles. The fourth-order valence-corrected chi connectivity index (χ4v) is 5.04. The number of sulfone groups is 1. The molecule has 0 radical (unpaired) electrons. The Balaban J connectivity index is 2.16. The molecule has 0 saturated heterocycles. The molecule has 0 fully saturated rings. The Morgan fingerprint density at radius 3 is 1.65 bits per heavy atom. The second kappa shape index (κ2) is 15.8. The Morgan fingerprint density at radius 2 is 1.16 bits per heavy atom. The highest BCUT2D eigenvalue weighted by Crippen LogP contribution is 2.21. The van der Waals surface area contributed by atoms with Crippen molar-refractivity contribution in [3.05, 3.63) is 29.8 Å². The van der Waals surface area contributed by atoms with Gasteiger partial charge in [-0.3, -0.25) is 0 Å². The van der Waals surface area contributed by atoms with Gasteiger partial charge in [-0.25, -0.2) is 8.42 Å². The van der Waals surface area contributed by atoms with Crippen LogP contribution in [0.15, 0.2) is 29.2 Å². The van der Waals surface area contributed by atoms with Crippen molar-refractivity contribution in [3.8, 4) is 0 Å². The Kier molecular flexibility index (Phi) is 14.3. The zero-order chi connectivity index (χ0) is 23.1. The number of aryl methyl sites for hydroxylation is 1. The lowest BCUT2D eigenvalue weighted by Crippen LogP contribution is -2.33. The summed E-state index contributed by atoms with van der Waals surface area (Å²) in [6.45, 7) is 4.09. The normalized spacial score (nSPS) is 15.0. The fourth-order valence-electron chi connectivity index (χ4n) is 3.76. The van der Waals surface area contributed by atoms with E-state index < -0.39 is 33.9 Å². The van der Waals surface area contributed by atoms with Crippen LogP contribution < -0.4 is 0 Å². The van der Waals surface area contributed by atoms with Crippen LogP contribution in [0.5, 0.6) is 0 Å². The van der Waals surface area contributed by atoms with Crippen molar-refractivity contribution in [1.82, 2.24) is 0 Å². The summed E-state index contributed by atoms with van der Waals surface area (Å²) >= 11 is 0. The first-order valence-electron chi connectivity index (χ1n) is 12.1. The smallest absolute Gasteiger partial charge is 0.205 e. The van der Waals surface area contributed by atoms with Gasteiger partial charge in [0.1, 0.15) is 0 Å². The third-order valence-corrected chi connectivity index (χ3v) is 7.79. The van der Waals surface area contributed by atoms with Gasteiger partial charge in [-0.15, -0.1) is 0 Å². The Morgan fingerprint density at radius 1 is 0.710 bits per heavy atom. The van der Waals surface area contributed by atoms with Crippen LogP contribution in [-0.4, -0.2) is 41.4 Å². The van der Waals surface area contributed by atoms with Crippen molar-refractivity contribution < 1.29 is 23.7 Å².